The molecule has 5 aromatic rings. The van der Waals surface area contributed by atoms with E-state index in [2.05, 4.69) is 36.9 Å². The highest BCUT2D eigenvalue weighted by Gasteiger charge is 2.51. The van der Waals surface area contributed by atoms with Crippen LogP contribution >= 0.6 is 0 Å². The van der Waals surface area contributed by atoms with Crippen molar-refractivity contribution in [3.05, 3.63) is 111 Å². The van der Waals surface area contributed by atoms with Gasteiger partial charge in [0.1, 0.15) is 23.9 Å². The average molecular weight is 735 g/mol. The van der Waals surface area contributed by atoms with Crippen LogP contribution in [0.25, 0.3) is 27.7 Å². The molecule has 1 N–H and O–H groups in total. The monoisotopic (exact) mass is 734 g/mol. The summed E-state index contributed by atoms with van der Waals surface area (Å²) in [5.41, 5.74) is 3.47. The van der Waals surface area contributed by atoms with Gasteiger partial charge in [-0.1, -0.05) is 53.3 Å². The van der Waals surface area contributed by atoms with Crippen LogP contribution in [0.15, 0.2) is 82.8 Å². The molecule has 282 valence electrons. The molecular weight excluding hydrogens is 688 g/mol. The van der Waals surface area contributed by atoms with Gasteiger partial charge in [-0.05, 0) is 54.3 Å². The highest BCUT2D eigenvalue weighted by atomic mass is 19.1. The van der Waals surface area contributed by atoms with Gasteiger partial charge in [0.25, 0.3) is 11.1 Å². The Morgan fingerprint density at radius 2 is 1.72 bits per heavy atom. The molecule has 0 saturated carbocycles. The summed E-state index contributed by atoms with van der Waals surface area (Å²) in [6, 6.07) is 13.6. The molecule has 0 unspecified atom stereocenters. The van der Waals surface area contributed by atoms with E-state index in [9.17, 15) is 14.4 Å². The third-order valence-electron chi connectivity index (χ3n) is 9.86. The minimum Gasteiger partial charge on any atom is -0.461 e. The van der Waals surface area contributed by atoms with Crippen LogP contribution in [0.5, 0.6) is 0 Å². The third-order valence-corrected chi connectivity index (χ3v) is 9.86. The first kappa shape index (κ1) is 37.9. The summed E-state index contributed by atoms with van der Waals surface area (Å²) in [6.07, 6.45) is 3.24. The zero-order valence-electron chi connectivity index (χ0n) is 32.2. The number of halogens is 1. The Labute approximate surface area is 313 Å². The van der Waals surface area contributed by atoms with Gasteiger partial charge in [0.15, 0.2) is 0 Å². The van der Waals surface area contributed by atoms with Crippen molar-refractivity contribution < 1.29 is 13.9 Å². The van der Waals surface area contributed by atoms with E-state index in [1.165, 1.54) is 30.9 Å². The molecule has 54 heavy (non-hydrogen) atoms. The molecule has 7 rings (SSSR count). The molecule has 5 heterocycles. The van der Waals surface area contributed by atoms with Crippen molar-refractivity contribution >= 4 is 33.9 Å². The largest absolute Gasteiger partial charge is 0.461 e. The Balaban J connectivity index is 0.00000245. The lowest BCUT2D eigenvalue weighted by molar-refractivity contribution is -0.142. The summed E-state index contributed by atoms with van der Waals surface area (Å²) in [6.45, 7) is 21.0. The van der Waals surface area contributed by atoms with Crippen molar-refractivity contribution in [2.45, 2.75) is 60.5 Å². The van der Waals surface area contributed by atoms with Gasteiger partial charge in [-0.25, -0.2) is 14.1 Å². The molecular formula is C41H47FN8O4. The number of fused-ring (bicyclic) bond motifs is 1. The average Bonchev–Trinajstić information content (AvgIpc) is 3.09. The van der Waals surface area contributed by atoms with E-state index in [4.69, 9.17) is 4.74 Å². The molecule has 0 bridgehead atoms. The molecule has 2 aliphatic rings. The second-order valence-corrected chi connectivity index (χ2v) is 15.0. The molecule has 0 amide bonds. The number of aryl methyl sites for hydroxylation is 1. The van der Waals surface area contributed by atoms with Crippen LogP contribution < -0.4 is 21.3 Å². The van der Waals surface area contributed by atoms with Crippen molar-refractivity contribution in [2.75, 3.05) is 36.4 Å². The number of allylic oxidation sites excluding steroid dienone is 1. The van der Waals surface area contributed by atoms with E-state index in [1.54, 1.807) is 36.5 Å². The van der Waals surface area contributed by atoms with Crippen LogP contribution in [0.2, 0.25) is 0 Å². The quantitative estimate of drug-likeness (QED) is 0.177. The SMILES string of the molecule is C=C(C)N1CC2(C1)CN(c1ccc(Nc3cc(-c4cccc(-n5ncc6cc(C(C)(C)C)cc(F)c6c5=O)c4COC(C)=O)nn(C)c3=O)nc1)C2.CC. The molecule has 2 aromatic carbocycles. The minimum absolute atomic E-state index is 0.108. The number of carbonyl (C=O) groups excluding carboxylic acids is 1. The molecule has 3 aromatic heterocycles. The van der Waals surface area contributed by atoms with Crippen LogP contribution in [-0.2, 0) is 28.6 Å². The summed E-state index contributed by atoms with van der Waals surface area (Å²) in [5, 5.41) is 12.3. The molecule has 0 radical (unpaired) electrons. The molecule has 2 fully saturated rings. The van der Waals surface area contributed by atoms with Crippen molar-refractivity contribution in [1.29, 1.82) is 0 Å². The van der Waals surface area contributed by atoms with E-state index in [0.29, 0.717) is 33.4 Å². The molecule has 0 atom stereocenters. The number of benzene rings is 2. The van der Waals surface area contributed by atoms with E-state index in [1.807, 2.05) is 53.7 Å². The Bertz CT molecular complexity index is 2370. The maximum Gasteiger partial charge on any atom is 0.302 e. The Hall–Kier alpha value is -5.85. The van der Waals surface area contributed by atoms with Crippen molar-refractivity contribution in [2.24, 2.45) is 12.5 Å². The van der Waals surface area contributed by atoms with Gasteiger partial charge in [0.05, 0.1) is 34.8 Å². The summed E-state index contributed by atoms with van der Waals surface area (Å²) < 4.78 is 23.3. The van der Waals surface area contributed by atoms with Crippen LogP contribution in [0.4, 0.5) is 21.6 Å². The molecule has 12 nitrogen and oxygen atoms in total. The predicted octanol–water partition coefficient (Wildman–Crippen LogP) is 6.47. The number of ether oxygens (including phenoxy) is 1. The van der Waals surface area contributed by atoms with E-state index in [-0.39, 0.29) is 34.3 Å². The fourth-order valence-electron chi connectivity index (χ4n) is 6.97. The molecule has 2 saturated heterocycles. The van der Waals surface area contributed by atoms with Crippen molar-refractivity contribution in [3.8, 4) is 16.9 Å². The second kappa shape index (κ2) is 14.5. The summed E-state index contributed by atoms with van der Waals surface area (Å²) >= 11 is 0. The first-order valence-electron chi connectivity index (χ1n) is 18.1. The van der Waals surface area contributed by atoms with Crippen molar-refractivity contribution in [3.63, 3.8) is 0 Å². The number of nitrogens with zero attached hydrogens (tertiary/aromatic N) is 7. The van der Waals surface area contributed by atoms with Gasteiger partial charge in [-0.3, -0.25) is 14.4 Å². The first-order valence-corrected chi connectivity index (χ1v) is 18.1. The van der Waals surface area contributed by atoms with E-state index >= 15 is 4.39 Å². The van der Waals surface area contributed by atoms with Crippen LogP contribution in [0, 0.1) is 11.2 Å². The lowest BCUT2D eigenvalue weighted by Crippen LogP contribution is -2.71. The predicted molar refractivity (Wildman–Crippen MR) is 210 cm³/mol. The number of aromatic nitrogens is 5. The molecule has 2 aliphatic heterocycles. The Morgan fingerprint density at radius 1 is 1.00 bits per heavy atom. The lowest BCUT2D eigenvalue weighted by Gasteiger charge is -2.61. The van der Waals surface area contributed by atoms with Gasteiger partial charge in [-0.15, -0.1) is 0 Å². The maximum atomic E-state index is 15.5. The topological polar surface area (TPSA) is 127 Å². The van der Waals surface area contributed by atoms with Gasteiger partial charge < -0.3 is 19.9 Å². The smallest absolute Gasteiger partial charge is 0.302 e. The van der Waals surface area contributed by atoms with Gasteiger partial charge in [-0.2, -0.15) is 14.9 Å². The summed E-state index contributed by atoms with van der Waals surface area (Å²) in [7, 11) is 1.53. The fourth-order valence-corrected chi connectivity index (χ4v) is 6.97. The number of anilines is 3. The normalized spacial score (nSPS) is 14.5. The lowest BCUT2D eigenvalue weighted by atomic mass is 9.72. The van der Waals surface area contributed by atoms with E-state index < -0.39 is 17.3 Å². The van der Waals surface area contributed by atoms with Crippen LogP contribution in [-0.4, -0.2) is 61.6 Å². The Kier molecular flexibility index (Phi) is 10.2. The highest BCUT2D eigenvalue weighted by Crippen LogP contribution is 2.43. The molecule has 13 heteroatoms. The van der Waals surface area contributed by atoms with Gasteiger partial charge in [0.2, 0.25) is 0 Å². The number of pyridine rings is 1. The Morgan fingerprint density at radius 3 is 2.35 bits per heavy atom. The molecule has 1 spiro atoms. The standard InChI is InChI=1S/C39H41FN8O4.C2H6/c1-23(2)46-19-39(20-46)21-47(22-39)27-11-12-34(41-17-27)43-32-15-31(44-45(7)36(32)50)28-9-8-10-33(29(28)18-52-24(3)49)48-37(51)35-25(16-42-48)13-26(14-30(35)40)38(4,5)6;1-2/h8-17H,1,18-22H2,2-7H3,(H,41,43);1-2H3. The number of hydrogen-bond donors (Lipinski definition) is 1. The van der Waals surface area contributed by atoms with Crippen LogP contribution in [0.3, 0.4) is 0 Å². The summed E-state index contributed by atoms with van der Waals surface area (Å²) in [4.78, 5) is 48.3. The van der Waals surface area contributed by atoms with Gasteiger partial charge in [0, 0.05) is 67.8 Å². The molecule has 0 aliphatic carbocycles. The second-order valence-electron chi connectivity index (χ2n) is 15.0. The van der Waals surface area contributed by atoms with Crippen molar-refractivity contribution in [1.82, 2.24) is 29.4 Å². The highest BCUT2D eigenvalue weighted by molar-refractivity contribution is 5.83. The minimum atomic E-state index is -0.670. The number of carbonyl (C=O) groups is 1. The first-order chi connectivity index (χ1) is 25.6. The number of nitrogens with one attached hydrogen (secondary N) is 1. The van der Waals surface area contributed by atoms with Gasteiger partial charge >= 0.3 is 5.97 Å². The fraction of sp³-hybridized carbons (Fsp3) is 0.366. The zero-order chi connectivity index (χ0) is 39.1. The van der Waals surface area contributed by atoms with E-state index in [0.717, 1.165) is 47.8 Å². The number of esters is 1. The van der Waals surface area contributed by atoms with Crippen LogP contribution in [0.1, 0.15) is 59.6 Å². The number of hydrogen-bond acceptors (Lipinski definition) is 10. The summed E-state index contributed by atoms with van der Waals surface area (Å²) in [5.74, 6) is -0.719. The maximum absolute atomic E-state index is 15.5. The number of rotatable bonds is 8. The number of likely N-dealkylation sites (tertiary alicyclic amines) is 1. The zero-order valence-corrected chi connectivity index (χ0v) is 32.2. The third kappa shape index (κ3) is 7.22.